The molecule has 0 aromatic heterocycles. The summed E-state index contributed by atoms with van der Waals surface area (Å²) in [5, 5.41) is 1.11. The third-order valence-electron chi connectivity index (χ3n) is 3.43. The Balaban J connectivity index is 2.30. The normalized spacial score (nSPS) is 14.1. The van der Waals surface area contributed by atoms with E-state index < -0.39 is 0 Å². The van der Waals surface area contributed by atoms with Crippen LogP contribution in [0, 0.1) is 0 Å². The van der Waals surface area contributed by atoms with Crippen molar-refractivity contribution in [2.24, 2.45) is 5.73 Å². The molecule has 100 valence electrons. The minimum absolute atomic E-state index is 0.0813. The molecule has 0 heterocycles. The lowest BCUT2D eigenvalue weighted by molar-refractivity contribution is 0.539. The van der Waals surface area contributed by atoms with Crippen LogP contribution in [0.1, 0.15) is 36.4 Å². The van der Waals surface area contributed by atoms with Crippen molar-refractivity contribution >= 4 is 23.2 Å². The lowest BCUT2D eigenvalue weighted by Gasteiger charge is -2.24. The van der Waals surface area contributed by atoms with Gasteiger partial charge in [0.05, 0.1) is 10.0 Å². The number of hydrogen-bond acceptors (Lipinski definition) is 1. The van der Waals surface area contributed by atoms with Gasteiger partial charge in [0.15, 0.2) is 0 Å². The highest BCUT2D eigenvalue weighted by atomic mass is 35.5. The van der Waals surface area contributed by atoms with Crippen molar-refractivity contribution < 1.29 is 0 Å². The molecular formula is C16H17Cl2N. The molecule has 0 saturated carbocycles. The van der Waals surface area contributed by atoms with Crippen molar-refractivity contribution in [1.82, 2.24) is 0 Å². The Bertz CT molecular complexity index is 540. The summed E-state index contributed by atoms with van der Waals surface area (Å²) in [6, 6.07) is 15.9. The molecule has 0 fully saturated rings. The molecule has 0 aliphatic rings. The second-order valence-corrected chi connectivity index (χ2v) is 5.44. The molecule has 2 aromatic carbocycles. The summed E-state index contributed by atoms with van der Waals surface area (Å²) < 4.78 is 0. The second-order valence-electron chi connectivity index (χ2n) is 4.62. The van der Waals surface area contributed by atoms with Crippen LogP contribution in [0.5, 0.6) is 0 Å². The number of rotatable bonds is 4. The maximum atomic E-state index is 6.40. The van der Waals surface area contributed by atoms with E-state index in [4.69, 9.17) is 28.9 Å². The van der Waals surface area contributed by atoms with E-state index in [9.17, 15) is 0 Å². The lowest BCUT2D eigenvalue weighted by Crippen LogP contribution is -2.19. The van der Waals surface area contributed by atoms with Gasteiger partial charge in [-0.25, -0.2) is 0 Å². The van der Waals surface area contributed by atoms with Crippen molar-refractivity contribution in [2.75, 3.05) is 0 Å². The van der Waals surface area contributed by atoms with Gasteiger partial charge in [0, 0.05) is 12.0 Å². The van der Waals surface area contributed by atoms with Crippen LogP contribution in [0.4, 0.5) is 0 Å². The molecule has 2 aromatic rings. The molecule has 3 heteroatoms. The van der Waals surface area contributed by atoms with Crippen molar-refractivity contribution in [2.45, 2.75) is 25.3 Å². The maximum absolute atomic E-state index is 6.40. The quantitative estimate of drug-likeness (QED) is 0.825. The van der Waals surface area contributed by atoms with E-state index in [0.717, 1.165) is 12.0 Å². The fourth-order valence-corrected chi connectivity index (χ4v) is 2.66. The van der Waals surface area contributed by atoms with E-state index in [2.05, 4.69) is 19.1 Å². The van der Waals surface area contributed by atoms with Crippen molar-refractivity contribution in [1.29, 1.82) is 0 Å². The van der Waals surface area contributed by atoms with Crippen LogP contribution in [0.15, 0.2) is 48.5 Å². The van der Waals surface area contributed by atoms with Gasteiger partial charge in [-0.15, -0.1) is 0 Å². The Morgan fingerprint density at radius 2 is 1.63 bits per heavy atom. The zero-order chi connectivity index (χ0) is 13.8. The topological polar surface area (TPSA) is 26.0 Å². The molecule has 2 unspecified atom stereocenters. The van der Waals surface area contributed by atoms with Gasteiger partial charge in [-0.1, -0.05) is 66.5 Å². The van der Waals surface area contributed by atoms with Gasteiger partial charge in [0.1, 0.15) is 0 Å². The lowest BCUT2D eigenvalue weighted by atomic mass is 9.86. The molecule has 0 spiro atoms. The number of nitrogens with two attached hydrogens (primary N) is 1. The predicted molar refractivity (Wildman–Crippen MR) is 82.9 cm³/mol. The first kappa shape index (κ1) is 14.4. The average molecular weight is 294 g/mol. The fraction of sp³-hybridized carbons (Fsp3) is 0.250. The number of halogens is 2. The smallest absolute Gasteiger partial charge is 0.0595 e. The summed E-state index contributed by atoms with van der Waals surface area (Å²) in [4.78, 5) is 0. The standard InChI is InChI=1S/C16H17Cl2N/c1-2-13(11-6-4-3-5-7-11)16(19)12-8-9-14(17)15(18)10-12/h3-10,13,16H,2,19H2,1H3. The Morgan fingerprint density at radius 3 is 2.21 bits per heavy atom. The number of hydrogen-bond donors (Lipinski definition) is 1. The van der Waals surface area contributed by atoms with Crippen molar-refractivity contribution in [3.63, 3.8) is 0 Å². The summed E-state index contributed by atoms with van der Waals surface area (Å²) in [6.07, 6.45) is 0.978. The Labute approximate surface area is 124 Å². The minimum Gasteiger partial charge on any atom is -0.323 e. The van der Waals surface area contributed by atoms with Crippen molar-refractivity contribution in [3.8, 4) is 0 Å². The molecule has 0 aliphatic carbocycles. The Kier molecular flexibility index (Phi) is 4.87. The summed E-state index contributed by atoms with van der Waals surface area (Å²) in [7, 11) is 0. The molecule has 0 saturated heterocycles. The Hall–Kier alpha value is -1.02. The third-order valence-corrected chi connectivity index (χ3v) is 4.17. The molecule has 2 rings (SSSR count). The molecule has 0 bridgehead atoms. The molecule has 0 radical (unpaired) electrons. The maximum Gasteiger partial charge on any atom is 0.0595 e. The average Bonchev–Trinajstić information content (AvgIpc) is 2.44. The van der Waals surface area contributed by atoms with Crippen LogP contribution in [0.2, 0.25) is 10.0 Å². The van der Waals surface area contributed by atoms with Crippen LogP contribution in [-0.2, 0) is 0 Å². The van der Waals surface area contributed by atoms with Gasteiger partial charge >= 0.3 is 0 Å². The Morgan fingerprint density at radius 1 is 0.947 bits per heavy atom. The third kappa shape index (κ3) is 3.30. The van der Waals surface area contributed by atoms with Crippen LogP contribution >= 0.6 is 23.2 Å². The molecule has 2 atom stereocenters. The largest absolute Gasteiger partial charge is 0.323 e. The fourth-order valence-electron chi connectivity index (χ4n) is 2.35. The summed E-state index contributed by atoms with van der Waals surface area (Å²) in [6.45, 7) is 2.15. The van der Waals surface area contributed by atoms with Crippen LogP contribution in [-0.4, -0.2) is 0 Å². The molecule has 0 amide bonds. The van der Waals surface area contributed by atoms with E-state index >= 15 is 0 Å². The first-order valence-corrected chi connectivity index (χ1v) is 7.14. The summed E-state index contributed by atoms with van der Waals surface area (Å²) in [5.41, 5.74) is 8.67. The molecule has 0 aliphatic heterocycles. The highest BCUT2D eigenvalue weighted by molar-refractivity contribution is 6.42. The highest BCUT2D eigenvalue weighted by Crippen LogP contribution is 2.34. The van der Waals surface area contributed by atoms with Crippen LogP contribution in [0.25, 0.3) is 0 Å². The van der Waals surface area contributed by atoms with Gasteiger partial charge in [-0.2, -0.15) is 0 Å². The van der Waals surface area contributed by atoms with E-state index in [1.807, 2.05) is 30.3 Å². The summed E-state index contributed by atoms with van der Waals surface area (Å²) >= 11 is 12.0. The monoisotopic (exact) mass is 293 g/mol. The van der Waals surface area contributed by atoms with Gasteiger partial charge in [-0.3, -0.25) is 0 Å². The molecule has 19 heavy (non-hydrogen) atoms. The van der Waals surface area contributed by atoms with Gasteiger partial charge in [-0.05, 0) is 29.7 Å². The minimum atomic E-state index is -0.0813. The van der Waals surface area contributed by atoms with Gasteiger partial charge in [0.25, 0.3) is 0 Å². The van der Waals surface area contributed by atoms with Gasteiger partial charge < -0.3 is 5.73 Å². The van der Waals surface area contributed by atoms with E-state index in [-0.39, 0.29) is 12.0 Å². The van der Waals surface area contributed by atoms with Crippen molar-refractivity contribution in [3.05, 3.63) is 69.7 Å². The first-order chi connectivity index (χ1) is 9.13. The van der Waals surface area contributed by atoms with Crippen LogP contribution in [0.3, 0.4) is 0 Å². The second kappa shape index (κ2) is 6.42. The molecule has 1 nitrogen and oxygen atoms in total. The predicted octanol–water partition coefficient (Wildman–Crippen LogP) is 5.19. The first-order valence-electron chi connectivity index (χ1n) is 6.39. The van der Waals surface area contributed by atoms with E-state index in [0.29, 0.717) is 10.0 Å². The number of benzene rings is 2. The van der Waals surface area contributed by atoms with Gasteiger partial charge in [0.2, 0.25) is 0 Å². The SMILES string of the molecule is CCC(c1ccccc1)C(N)c1ccc(Cl)c(Cl)c1. The zero-order valence-electron chi connectivity index (χ0n) is 10.8. The molecular weight excluding hydrogens is 277 g/mol. The van der Waals surface area contributed by atoms with Crippen LogP contribution < -0.4 is 5.73 Å². The van der Waals surface area contributed by atoms with E-state index in [1.54, 1.807) is 6.07 Å². The molecule has 2 N–H and O–H groups in total. The van der Waals surface area contributed by atoms with E-state index in [1.165, 1.54) is 5.56 Å². The zero-order valence-corrected chi connectivity index (χ0v) is 12.3. The summed E-state index contributed by atoms with van der Waals surface area (Å²) in [5.74, 6) is 0.276. The highest BCUT2D eigenvalue weighted by Gasteiger charge is 2.20.